The number of fused-ring (bicyclic) bond motifs is 1. The number of hydrogen-bond acceptors (Lipinski definition) is 2. The van der Waals surface area contributed by atoms with Crippen LogP contribution in [0.4, 0.5) is 0 Å². The van der Waals surface area contributed by atoms with Gasteiger partial charge in [0.05, 0.1) is 0 Å². The van der Waals surface area contributed by atoms with Crippen molar-refractivity contribution in [3.8, 4) is 11.1 Å². The van der Waals surface area contributed by atoms with E-state index in [1.807, 2.05) is 0 Å². The molecule has 116 valence electrons. The lowest BCUT2D eigenvalue weighted by atomic mass is 9.86. The predicted molar refractivity (Wildman–Crippen MR) is 95.4 cm³/mol. The van der Waals surface area contributed by atoms with Crippen molar-refractivity contribution >= 4 is 10.8 Å². The number of aliphatic hydroxyl groups is 1. The second-order valence-corrected chi connectivity index (χ2v) is 6.45. The minimum atomic E-state index is -0.722. The van der Waals surface area contributed by atoms with Crippen LogP contribution in [0.15, 0.2) is 66.7 Å². The predicted octanol–water partition coefficient (Wildman–Crippen LogP) is 4.08. The molecular weight excluding hydrogens is 282 g/mol. The van der Waals surface area contributed by atoms with Gasteiger partial charge in [-0.05, 0) is 52.9 Å². The summed E-state index contributed by atoms with van der Waals surface area (Å²) in [4.78, 5) is 0. The fourth-order valence-corrected chi connectivity index (χ4v) is 3.48. The highest BCUT2D eigenvalue weighted by atomic mass is 16.3. The number of rotatable bonds is 2. The summed E-state index contributed by atoms with van der Waals surface area (Å²) in [5.74, 6) is 0. The summed E-state index contributed by atoms with van der Waals surface area (Å²) in [6.07, 6.45) is 1.85. The van der Waals surface area contributed by atoms with E-state index in [1.165, 1.54) is 21.9 Å². The summed E-state index contributed by atoms with van der Waals surface area (Å²) in [6, 6.07) is 23.3. The monoisotopic (exact) mass is 303 g/mol. The zero-order valence-corrected chi connectivity index (χ0v) is 13.1. The van der Waals surface area contributed by atoms with E-state index in [1.54, 1.807) is 0 Å². The molecule has 0 spiro atoms. The standard InChI is InChI=1S/C21H21NO/c23-21(12-3-13-22-15-21)20-10-8-17(9-11-20)19-7-6-16-4-1-2-5-18(16)14-19/h1-2,4-11,14,22-23H,3,12-13,15H2. The van der Waals surface area contributed by atoms with Gasteiger partial charge >= 0.3 is 0 Å². The maximum atomic E-state index is 10.8. The van der Waals surface area contributed by atoms with Gasteiger partial charge in [0.2, 0.25) is 0 Å². The molecule has 1 aliphatic heterocycles. The van der Waals surface area contributed by atoms with Crippen molar-refractivity contribution in [3.63, 3.8) is 0 Å². The zero-order valence-electron chi connectivity index (χ0n) is 13.1. The van der Waals surface area contributed by atoms with Crippen molar-refractivity contribution < 1.29 is 5.11 Å². The van der Waals surface area contributed by atoms with Crippen LogP contribution in [0, 0.1) is 0 Å². The molecule has 1 saturated heterocycles. The first kappa shape index (κ1) is 14.4. The van der Waals surface area contributed by atoms with E-state index in [0.29, 0.717) is 6.54 Å². The number of hydrogen-bond donors (Lipinski definition) is 2. The summed E-state index contributed by atoms with van der Waals surface area (Å²) < 4.78 is 0. The lowest BCUT2D eigenvalue weighted by molar-refractivity contribution is 0.0123. The molecule has 2 N–H and O–H groups in total. The second kappa shape index (κ2) is 5.80. The topological polar surface area (TPSA) is 32.3 Å². The molecule has 1 unspecified atom stereocenters. The van der Waals surface area contributed by atoms with Crippen LogP contribution in [0.25, 0.3) is 21.9 Å². The van der Waals surface area contributed by atoms with Crippen LogP contribution >= 0.6 is 0 Å². The van der Waals surface area contributed by atoms with Gasteiger partial charge in [0.25, 0.3) is 0 Å². The summed E-state index contributed by atoms with van der Waals surface area (Å²) >= 11 is 0. The Hall–Kier alpha value is -2.16. The van der Waals surface area contributed by atoms with Gasteiger partial charge in [-0.15, -0.1) is 0 Å². The molecule has 23 heavy (non-hydrogen) atoms. The largest absolute Gasteiger partial charge is 0.384 e. The van der Waals surface area contributed by atoms with Gasteiger partial charge in [-0.1, -0.05) is 60.7 Å². The third kappa shape index (κ3) is 2.76. The molecule has 0 radical (unpaired) electrons. The summed E-state index contributed by atoms with van der Waals surface area (Å²) in [5.41, 5.74) is 2.69. The molecule has 0 amide bonds. The van der Waals surface area contributed by atoms with Crippen LogP contribution < -0.4 is 5.32 Å². The SMILES string of the molecule is OC1(c2ccc(-c3ccc4ccccc4c3)cc2)CCCNC1. The quantitative estimate of drug-likeness (QED) is 0.748. The van der Waals surface area contributed by atoms with E-state index < -0.39 is 5.60 Å². The molecule has 3 aromatic rings. The number of nitrogens with one attached hydrogen (secondary N) is 1. The van der Waals surface area contributed by atoms with Crippen LogP contribution in [0.1, 0.15) is 18.4 Å². The Kier molecular flexibility index (Phi) is 3.64. The van der Waals surface area contributed by atoms with E-state index in [0.717, 1.165) is 24.9 Å². The van der Waals surface area contributed by atoms with Crippen molar-refractivity contribution in [3.05, 3.63) is 72.3 Å². The lowest BCUT2D eigenvalue weighted by Gasteiger charge is -2.33. The molecule has 4 rings (SSSR count). The van der Waals surface area contributed by atoms with E-state index in [2.05, 4.69) is 72.0 Å². The first-order valence-corrected chi connectivity index (χ1v) is 8.27. The smallest absolute Gasteiger partial charge is 0.102 e. The van der Waals surface area contributed by atoms with Gasteiger partial charge < -0.3 is 10.4 Å². The number of β-amino-alcohol motifs (C(OH)–C–C–N with tert-alkyl or cyclic N) is 1. The van der Waals surface area contributed by atoms with Crippen molar-refractivity contribution in [1.29, 1.82) is 0 Å². The lowest BCUT2D eigenvalue weighted by Crippen LogP contribution is -2.43. The fraction of sp³-hybridized carbons (Fsp3) is 0.238. The van der Waals surface area contributed by atoms with Gasteiger partial charge in [-0.3, -0.25) is 0 Å². The molecule has 0 aromatic heterocycles. The molecule has 1 heterocycles. The van der Waals surface area contributed by atoms with Gasteiger partial charge in [-0.25, -0.2) is 0 Å². The van der Waals surface area contributed by atoms with E-state index in [9.17, 15) is 5.11 Å². The second-order valence-electron chi connectivity index (χ2n) is 6.45. The summed E-state index contributed by atoms with van der Waals surface area (Å²) in [7, 11) is 0. The molecule has 1 fully saturated rings. The third-order valence-electron chi connectivity index (χ3n) is 4.87. The van der Waals surface area contributed by atoms with Crippen molar-refractivity contribution in [2.24, 2.45) is 0 Å². The molecule has 0 aliphatic carbocycles. The minimum absolute atomic E-state index is 0.641. The average Bonchev–Trinajstić information content (AvgIpc) is 2.62. The van der Waals surface area contributed by atoms with Crippen LogP contribution in [0.3, 0.4) is 0 Å². The molecule has 2 heteroatoms. The summed E-state index contributed by atoms with van der Waals surface area (Å²) in [6.45, 7) is 1.64. The Morgan fingerprint density at radius 1 is 0.826 bits per heavy atom. The van der Waals surface area contributed by atoms with E-state index in [-0.39, 0.29) is 0 Å². The van der Waals surface area contributed by atoms with Crippen LogP contribution in [-0.4, -0.2) is 18.2 Å². The highest BCUT2D eigenvalue weighted by Gasteiger charge is 2.30. The third-order valence-corrected chi connectivity index (χ3v) is 4.87. The van der Waals surface area contributed by atoms with Gasteiger partial charge in [-0.2, -0.15) is 0 Å². The van der Waals surface area contributed by atoms with Gasteiger partial charge in [0.1, 0.15) is 5.60 Å². The van der Waals surface area contributed by atoms with Crippen LogP contribution in [0.2, 0.25) is 0 Å². The Morgan fingerprint density at radius 2 is 1.57 bits per heavy atom. The molecule has 0 saturated carbocycles. The highest BCUT2D eigenvalue weighted by Crippen LogP contribution is 2.31. The maximum Gasteiger partial charge on any atom is 0.102 e. The average molecular weight is 303 g/mol. The van der Waals surface area contributed by atoms with Crippen LogP contribution in [-0.2, 0) is 5.60 Å². The first-order chi connectivity index (χ1) is 11.2. The normalized spacial score (nSPS) is 21.4. The van der Waals surface area contributed by atoms with Gasteiger partial charge in [0, 0.05) is 6.54 Å². The molecule has 0 bridgehead atoms. The van der Waals surface area contributed by atoms with E-state index >= 15 is 0 Å². The van der Waals surface area contributed by atoms with Crippen molar-refractivity contribution in [2.45, 2.75) is 18.4 Å². The Labute approximate surface area is 136 Å². The Balaban J connectivity index is 1.66. The Bertz CT molecular complexity index is 817. The Morgan fingerprint density at radius 3 is 2.30 bits per heavy atom. The van der Waals surface area contributed by atoms with Gasteiger partial charge in [0.15, 0.2) is 0 Å². The van der Waals surface area contributed by atoms with Crippen molar-refractivity contribution in [2.75, 3.05) is 13.1 Å². The molecule has 1 atom stereocenters. The number of piperidine rings is 1. The zero-order chi connectivity index (χ0) is 15.7. The van der Waals surface area contributed by atoms with Crippen LogP contribution in [0.5, 0.6) is 0 Å². The minimum Gasteiger partial charge on any atom is -0.384 e. The van der Waals surface area contributed by atoms with Crippen molar-refractivity contribution in [1.82, 2.24) is 5.32 Å². The molecule has 1 aliphatic rings. The molecular formula is C21H21NO. The summed E-state index contributed by atoms with van der Waals surface area (Å²) in [5, 5.41) is 16.6. The first-order valence-electron chi connectivity index (χ1n) is 8.27. The highest BCUT2D eigenvalue weighted by molar-refractivity contribution is 5.87. The maximum absolute atomic E-state index is 10.8. The van der Waals surface area contributed by atoms with E-state index in [4.69, 9.17) is 0 Å². The molecule has 3 aromatic carbocycles. The molecule has 2 nitrogen and oxygen atoms in total. The fourth-order valence-electron chi connectivity index (χ4n) is 3.48. The number of benzene rings is 3.